The van der Waals surface area contributed by atoms with Crippen molar-refractivity contribution < 1.29 is 14.3 Å². The first-order chi connectivity index (χ1) is 14.5. The minimum Gasteiger partial charge on any atom is -0.370 e. The number of halogens is 1. The molecule has 0 aromatic carbocycles. The predicted molar refractivity (Wildman–Crippen MR) is 111 cm³/mol. The lowest BCUT2D eigenvalue weighted by Crippen LogP contribution is -2.50. The summed E-state index contributed by atoms with van der Waals surface area (Å²) in [6, 6.07) is 5.09. The minimum absolute atomic E-state index is 0.0811. The molecule has 0 bridgehead atoms. The van der Waals surface area contributed by atoms with Crippen molar-refractivity contribution in [2.45, 2.75) is 25.0 Å². The molecule has 1 N–H and O–H groups in total. The highest BCUT2D eigenvalue weighted by Gasteiger charge is 2.45. The Morgan fingerprint density at radius 1 is 1.27 bits per heavy atom. The van der Waals surface area contributed by atoms with E-state index in [1.54, 1.807) is 12.1 Å². The zero-order chi connectivity index (χ0) is 21.3. The van der Waals surface area contributed by atoms with Crippen LogP contribution in [0.4, 0.5) is 0 Å². The number of hydrogen-bond donors (Lipinski definition) is 1. The minimum atomic E-state index is -0.324. The van der Waals surface area contributed by atoms with E-state index >= 15 is 0 Å². The maximum absolute atomic E-state index is 12.4. The number of amides is 2. The number of hydrogen-bond acceptors (Lipinski definition) is 6. The molecule has 9 heteroatoms. The van der Waals surface area contributed by atoms with Crippen LogP contribution >= 0.6 is 11.6 Å². The molecule has 0 spiro atoms. The molecule has 2 aromatic heterocycles. The highest BCUT2D eigenvalue weighted by molar-refractivity contribution is 6.29. The van der Waals surface area contributed by atoms with Crippen LogP contribution in [-0.2, 0) is 9.53 Å². The van der Waals surface area contributed by atoms with Crippen molar-refractivity contribution >= 4 is 23.4 Å². The third-order valence-electron chi connectivity index (χ3n) is 5.40. The molecule has 1 saturated carbocycles. The van der Waals surface area contributed by atoms with Crippen LogP contribution in [0.25, 0.3) is 11.4 Å². The van der Waals surface area contributed by atoms with Gasteiger partial charge in [0.2, 0.25) is 5.91 Å². The highest BCUT2D eigenvalue weighted by atomic mass is 35.5. The molecular weight excluding hydrogens is 406 g/mol. The van der Waals surface area contributed by atoms with Gasteiger partial charge in [-0.15, -0.1) is 0 Å². The number of nitrogens with one attached hydrogen (secondary N) is 1. The second kappa shape index (κ2) is 8.49. The lowest BCUT2D eigenvalue weighted by molar-refractivity contribution is -0.143. The molecule has 2 fully saturated rings. The van der Waals surface area contributed by atoms with Crippen LogP contribution in [0.5, 0.6) is 0 Å². The van der Waals surface area contributed by atoms with Crippen LogP contribution in [0.3, 0.4) is 0 Å². The van der Waals surface area contributed by atoms with Crippen LogP contribution in [-0.4, -0.2) is 57.9 Å². The Kier molecular flexibility index (Phi) is 5.78. The van der Waals surface area contributed by atoms with Crippen molar-refractivity contribution in [2.75, 3.05) is 20.2 Å². The standard InChI is InChI=1S/C21H22ClN5O3/c1-3-18(28)27-6-7-30-20(19(27)12-4-5-12)13-8-15(26-17(22)9-13)14-10-16(21(29)23-2)25-11-24-14/h3,8-12,19-20H,1,4-7H2,2H3,(H,23,29)/t19-,20-/m0/s1. The van der Waals surface area contributed by atoms with Gasteiger partial charge in [-0.3, -0.25) is 9.59 Å². The van der Waals surface area contributed by atoms with Gasteiger partial charge in [0.1, 0.15) is 23.3 Å². The van der Waals surface area contributed by atoms with E-state index in [1.165, 1.54) is 19.5 Å². The molecule has 1 aliphatic carbocycles. The zero-order valence-corrected chi connectivity index (χ0v) is 17.3. The van der Waals surface area contributed by atoms with Gasteiger partial charge in [-0.1, -0.05) is 18.2 Å². The van der Waals surface area contributed by atoms with E-state index < -0.39 is 0 Å². The number of carbonyl (C=O) groups excluding carboxylic acids is 2. The fraction of sp³-hybridized carbons (Fsp3) is 0.381. The van der Waals surface area contributed by atoms with Gasteiger partial charge >= 0.3 is 0 Å². The number of carbonyl (C=O) groups is 2. The Morgan fingerprint density at radius 3 is 2.77 bits per heavy atom. The maximum atomic E-state index is 12.4. The van der Waals surface area contributed by atoms with Crippen LogP contribution in [0, 0.1) is 5.92 Å². The summed E-state index contributed by atoms with van der Waals surface area (Å²) in [5.74, 6) is -0.0241. The fourth-order valence-corrected chi connectivity index (χ4v) is 4.08. The average molecular weight is 428 g/mol. The Balaban J connectivity index is 1.71. The Labute approximate surface area is 179 Å². The number of ether oxygens (including phenoxy) is 1. The Bertz CT molecular complexity index is 994. The molecule has 0 unspecified atom stereocenters. The Hall–Kier alpha value is -2.84. The van der Waals surface area contributed by atoms with Crippen LogP contribution in [0.2, 0.25) is 5.15 Å². The summed E-state index contributed by atoms with van der Waals surface area (Å²) in [6.07, 6.45) is 4.45. The Morgan fingerprint density at radius 2 is 2.07 bits per heavy atom. The second-order valence-electron chi connectivity index (χ2n) is 7.33. The van der Waals surface area contributed by atoms with Crippen molar-refractivity contribution in [1.82, 2.24) is 25.2 Å². The topological polar surface area (TPSA) is 97.3 Å². The first-order valence-corrected chi connectivity index (χ1v) is 10.2. The summed E-state index contributed by atoms with van der Waals surface area (Å²) < 4.78 is 6.12. The molecule has 30 heavy (non-hydrogen) atoms. The van der Waals surface area contributed by atoms with E-state index in [4.69, 9.17) is 16.3 Å². The molecule has 2 aliphatic rings. The van der Waals surface area contributed by atoms with Gasteiger partial charge in [0.15, 0.2) is 0 Å². The van der Waals surface area contributed by atoms with Gasteiger partial charge in [-0.2, -0.15) is 0 Å². The molecule has 8 nitrogen and oxygen atoms in total. The zero-order valence-electron chi connectivity index (χ0n) is 16.5. The van der Waals surface area contributed by atoms with Crippen molar-refractivity contribution in [1.29, 1.82) is 0 Å². The molecule has 2 aromatic rings. The summed E-state index contributed by atoms with van der Waals surface area (Å²) in [7, 11) is 1.54. The third-order valence-corrected chi connectivity index (χ3v) is 5.59. The summed E-state index contributed by atoms with van der Waals surface area (Å²) in [6.45, 7) is 4.60. The quantitative estimate of drug-likeness (QED) is 0.581. The molecule has 4 rings (SSSR count). The van der Waals surface area contributed by atoms with Gasteiger partial charge in [-0.25, -0.2) is 15.0 Å². The van der Waals surface area contributed by atoms with E-state index in [1.807, 2.05) is 11.0 Å². The molecule has 1 aliphatic heterocycles. The van der Waals surface area contributed by atoms with E-state index in [9.17, 15) is 9.59 Å². The number of rotatable bonds is 5. The molecule has 1 saturated heterocycles. The van der Waals surface area contributed by atoms with Gasteiger partial charge in [0.25, 0.3) is 5.91 Å². The molecule has 3 heterocycles. The lowest BCUT2D eigenvalue weighted by atomic mass is 9.95. The van der Waals surface area contributed by atoms with Gasteiger partial charge in [0, 0.05) is 13.6 Å². The molecule has 2 amide bonds. The number of pyridine rings is 1. The van der Waals surface area contributed by atoms with Crippen LogP contribution < -0.4 is 5.32 Å². The molecule has 2 atom stereocenters. The third kappa shape index (κ3) is 4.06. The number of nitrogens with zero attached hydrogens (tertiary/aromatic N) is 4. The molecule has 0 radical (unpaired) electrons. The average Bonchev–Trinajstić information content (AvgIpc) is 3.62. The first-order valence-electron chi connectivity index (χ1n) is 9.78. The lowest BCUT2D eigenvalue weighted by Gasteiger charge is -2.41. The summed E-state index contributed by atoms with van der Waals surface area (Å²) in [4.78, 5) is 38.8. The monoisotopic (exact) mass is 427 g/mol. The van der Waals surface area contributed by atoms with E-state index in [0.717, 1.165) is 18.4 Å². The summed E-state index contributed by atoms with van der Waals surface area (Å²) in [5.41, 5.74) is 2.04. The van der Waals surface area contributed by atoms with E-state index in [0.29, 0.717) is 30.5 Å². The molecular formula is C21H22ClN5O3. The van der Waals surface area contributed by atoms with Gasteiger partial charge in [-0.05, 0) is 48.6 Å². The smallest absolute Gasteiger partial charge is 0.269 e. The van der Waals surface area contributed by atoms with Crippen LogP contribution in [0.15, 0.2) is 37.2 Å². The van der Waals surface area contributed by atoms with Gasteiger partial charge in [0.05, 0.1) is 24.0 Å². The largest absolute Gasteiger partial charge is 0.370 e. The molecule has 156 valence electrons. The highest BCUT2D eigenvalue weighted by Crippen LogP contribution is 2.44. The van der Waals surface area contributed by atoms with Crippen LogP contribution in [0.1, 0.15) is 35.0 Å². The first kappa shape index (κ1) is 20.4. The van der Waals surface area contributed by atoms with Crippen molar-refractivity contribution in [2.24, 2.45) is 5.92 Å². The number of aromatic nitrogens is 3. The SMILES string of the molecule is C=CC(=O)N1CCO[C@@H](c2cc(Cl)nc(-c3cc(C(=O)NC)ncn3)c2)[C@@H]1C1CC1. The predicted octanol–water partition coefficient (Wildman–Crippen LogP) is 2.42. The van der Waals surface area contributed by atoms with Crippen molar-refractivity contribution in [3.05, 3.63) is 53.6 Å². The van der Waals surface area contributed by atoms with Gasteiger partial charge < -0.3 is 15.0 Å². The van der Waals surface area contributed by atoms with Crippen molar-refractivity contribution in [3.8, 4) is 11.4 Å². The second-order valence-corrected chi connectivity index (χ2v) is 7.72. The maximum Gasteiger partial charge on any atom is 0.269 e. The van der Waals surface area contributed by atoms with Crippen molar-refractivity contribution in [3.63, 3.8) is 0 Å². The number of morpholine rings is 1. The van der Waals surface area contributed by atoms with E-state index in [2.05, 4.69) is 26.8 Å². The van der Waals surface area contributed by atoms with E-state index in [-0.39, 0.29) is 34.8 Å². The summed E-state index contributed by atoms with van der Waals surface area (Å²) >= 11 is 6.33. The summed E-state index contributed by atoms with van der Waals surface area (Å²) in [5, 5.41) is 2.82. The normalized spacial score (nSPS) is 21.2. The fourth-order valence-electron chi connectivity index (χ4n) is 3.86.